The van der Waals surface area contributed by atoms with Crippen LogP contribution in [0.4, 0.5) is 0 Å². The minimum absolute atomic E-state index is 0.0297. The van der Waals surface area contributed by atoms with Gasteiger partial charge in [-0.3, -0.25) is 9.59 Å². The summed E-state index contributed by atoms with van der Waals surface area (Å²) in [5.41, 5.74) is -0.0895. The van der Waals surface area contributed by atoms with E-state index in [1.54, 1.807) is 12.1 Å². The van der Waals surface area contributed by atoms with Gasteiger partial charge >= 0.3 is 5.97 Å². The second-order valence-corrected chi connectivity index (χ2v) is 7.41. The second-order valence-electron chi connectivity index (χ2n) is 7.41. The van der Waals surface area contributed by atoms with Crippen LogP contribution in [0.3, 0.4) is 0 Å². The molecule has 1 aromatic rings. The average Bonchev–Trinajstić information content (AvgIpc) is 2.57. The van der Waals surface area contributed by atoms with E-state index in [0.29, 0.717) is 48.5 Å². The van der Waals surface area contributed by atoms with Gasteiger partial charge in [-0.25, -0.2) is 0 Å². The Balaban J connectivity index is 1.75. The number of rotatable bonds is 9. The normalized spacial score (nSPS) is 19.0. The highest BCUT2D eigenvalue weighted by atomic mass is 16.6. The topological polar surface area (TPSA) is 80.3 Å². The van der Waals surface area contributed by atoms with E-state index in [0.717, 1.165) is 0 Å². The van der Waals surface area contributed by atoms with Gasteiger partial charge in [0.15, 0.2) is 17.8 Å². The molecule has 1 fully saturated rings. The van der Waals surface area contributed by atoms with Gasteiger partial charge in [0.1, 0.15) is 18.0 Å². The summed E-state index contributed by atoms with van der Waals surface area (Å²) in [6, 6.07) is 3.18. The number of aldehydes is 1. The Morgan fingerprint density at radius 1 is 1.07 bits per heavy atom. The fourth-order valence-corrected chi connectivity index (χ4v) is 2.74. The number of ether oxygens (including phenoxy) is 5. The lowest BCUT2D eigenvalue weighted by atomic mass is 9.82. The zero-order valence-electron chi connectivity index (χ0n) is 16.6. The van der Waals surface area contributed by atoms with Crippen LogP contribution >= 0.6 is 0 Å². The second kappa shape index (κ2) is 9.08. The van der Waals surface area contributed by atoms with Crippen LogP contribution in [0.5, 0.6) is 17.2 Å². The smallest absolute Gasteiger partial charge is 0.309 e. The Morgan fingerprint density at radius 3 is 2.26 bits per heavy atom. The van der Waals surface area contributed by atoms with Crippen LogP contribution in [0.2, 0.25) is 0 Å². The molecule has 0 bridgehead atoms. The molecular formula is C20H28O7. The Hall–Kier alpha value is -2.28. The molecule has 150 valence electrons. The fraction of sp³-hybridized carbons (Fsp3) is 0.600. The first-order valence-electron chi connectivity index (χ1n) is 8.96. The van der Waals surface area contributed by atoms with Crippen LogP contribution in [0, 0.1) is 5.92 Å². The molecule has 1 aliphatic rings. The lowest BCUT2D eigenvalue weighted by Crippen LogP contribution is -2.40. The van der Waals surface area contributed by atoms with E-state index in [1.165, 1.54) is 14.2 Å². The SMILES string of the molecule is COc1cc(C=O)c(OCCO[C@H]2C[C@@H](C(=O)OC(C)(C)C)C2)cc1OC. The Morgan fingerprint density at radius 2 is 1.70 bits per heavy atom. The summed E-state index contributed by atoms with van der Waals surface area (Å²) in [7, 11) is 3.02. The van der Waals surface area contributed by atoms with E-state index < -0.39 is 5.60 Å². The number of benzene rings is 1. The number of methoxy groups -OCH3 is 2. The Kier molecular flexibility index (Phi) is 7.07. The molecule has 1 aromatic carbocycles. The van der Waals surface area contributed by atoms with Crippen LogP contribution in [0.15, 0.2) is 12.1 Å². The Labute approximate surface area is 159 Å². The van der Waals surface area contributed by atoms with E-state index in [9.17, 15) is 9.59 Å². The molecule has 0 heterocycles. The number of carbonyl (C=O) groups is 2. The lowest BCUT2D eigenvalue weighted by molar-refractivity contribution is -0.169. The number of carbonyl (C=O) groups excluding carboxylic acids is 2. The molecule has 0 amide bonds. The minimum atomic E-state index is -0.466. The predicted octanol–water partition coefficient (Wildman–Crippen LogP) is 3.03. The molecule has 0 spiro atoms. The molecular weight excluding hydrogens is 352 g/mol. The van der Waals surface area contributed by atoms with Crippen molar-refractivity contribution in [1.29, 1.82) is 0 Å². The van der Waals surface area contributed by atoms with Crippen molar-refractivity contribution >= 4 is 12.3 Å². The third-order valence-corrected chi connectivity index (χ3v) is 4.17. The van der Waals surface area contributed by atoms with E-state index in [4.69, 9.17) is 23.7 Å². The molecule has 2 rings (SSSR count). The minimum Gasteiger partial charge on any atom is -0.493 e. The van der Waals surface area contributed by atoms with Gasteiger partial charge in [-0.2, -0.15) is 0 Å². The molecule has 0 aliphatic heterocycles. The molecule has 0 radical (unpaired) electrons. The Bertz CT molecular complexity index is 657. The van der Waals surface area contributed by atoms with E-state index in [2.05, 4.69) is 0 Å². The average molecular weight is 380 g/mol. The summed E-state index contributed by atoms with van der Waals surface area (Å²) in [5.74, 6) is 1.10. The van der Waals surface area contributed by atoms with Gasteiger partial charge in [-0.1, -0.05) is 0 Å². The summed E-state index contributed by atoms with van der Waals surface area (Å²) < 4.78 is 27.1. The summed E-state index contributed by atoms with van der Waals surface area (Å²) >= 11 is 0. The van der Waals surface area contributed by atoms with Gasteiger partial charge in [-0.05, 0) is 39.7 Å². The predicted molar refractivity (Wildman–Crippen MR) is 98.7 cm³/mol. The molecule has 0 atom stereocenters. The lowest BCUT2D eigenvalue weighted by Gasteiger charge is -2.35. The van der Waals surface area contributed by atoms with Crippen LogP contribution in [-0.2, 0) is 14.3 Å². The van der Waals surface area contributed by atoms with Crippen molar-refractivity contribution in [3.63, 3.8) is 0 Å². The molecule has 7 heteroatoms. The highest BCUT2D eigenvalue weighted by Gasteiger charge is 2.37. The van der Waals surface area contributed by atoms with Gasteiger partial charge in [0.25, 0.3) is 0 Å². The molecule has 0 unspecified atom stereocenters. The molecule has 1 saturated carbocycles. The van der Waals surface area contributed by atoms with Crippen molar-refractivity contribution in [2.45, 2.75) is 45.3 Å². The van der Waals surface area contributed by atoms with Crippen molar-refractivity contribution in [3.05, 3.63) is 17.7 Å². The van der Waals surface area contributed by atoms with Crippen molar-refractivity contribution in [2.24, 2.45) is 5.92 Å². The van der Waals surface area contributed by atoms with Crippen LogP contribution < -0.4 is 14.2 Å². The van der Waals surface area contributed by atoms with Gasteiger partial charge in [0, 0.05) is 6.07 Å². The standard InChI is InChI=1S/C20H28O7/c1-20(2,3)27-19(22)13-8-15(9-13)25-6-7-26-16-11-18(24-5)17(23-4)10-14(16)12-21/h10-13,15H,6-9H2,1-5H3/t13-,15+. The van der Waals surface area contributed by atoms with Crippen LogP contribution in [0.25, 0.3) is 0 Å². The van der Waals surface area contributed by atoms with E-state index >= 15 is 0 Å². The molecule has 7 nitrogen and oxygen atoms in total. The first-order chi connectivity index (χ1) is 12.8. The monoisotopic (exact) mass is 380 g/mol. The zero-order valence-corrected chi connectivity index (χ0v) is 16.6. The molecule has 27 heavy (non-hydrogen) atoms. The molecule has 0 saturated heterocycles. The van der Waals surface area contributed by atoms with Crippen LogP contribution in [-0.4, -0.2) is 51.4 Å². The van der Waals surface area contributed by atoms with Crippen molar-refractivity contribution < 1.29 is 33.3 Å². The quantitative estimate of drug-likeness (QED) is 0.370. The molecule has 0 N–H and O–H groups in total. The van der Waals surface area contributed by atoms with Crippen molar-refractivity contribution in [3.8, 4) is 17.2 Å². The summed E-state index contributed by atoms with van der Waals surface area (Å²) in [6.07, 6.45) is 2.05. The highest BCUT2D eigenvalue weighted by Crippen LogP contribution is 2.34. The van der Waals surface area contributed by atoms with E-state index in [-0.39, 0.29) is 24.6 Å². The zero-order chi connectivity index (χ0) is 20.0. The third kappa shape index (κ3) is 5.85. The van der Waals surface area contributed by atoms with Gasteiger partial charge < -0.3 is 23.7 Å². The largest absolute Gasteiger partial charge is 0.493 e. The fourth-order valence-electron chi connectivity index (χ4n) is 2.74. The maximum Gasteiger partial charge on any atom is 0.309 e. The maximum atomic E-state index is 11.9. The van der Waals surface area contributed by atoms with Gasteiger partial charge in [0.2, 0.25) is 0 Å². The van der Waals surface area contributed by atoms with Gasteiger partial charge in [0.05, 0.1) is 38.4 Å². The number of esters is 1. The molecule has 0 aromatic heterocycles. The first kappa shape index (κ1) is 21.0. The van der Waals surface area contributed by atoms with Crippen molar-refractivity contribution in [2.75, 3.05) is 27.4 Å². The van der Waals surface area contributed by atoms with Crippen LogP contribution in [0.1, 0.15) is 44.0 Å². The summed E-state index contributed by atoms with van der Waals surface area (Å²) in [4.78, 5) is 23.2. The first-order valence-corrected chi connectivity index (χ1v) is 8.96. The number of hydrogen-bond acceptors (Lipinski definition) is 7. The number of hydrogen-bond donors (Lipinski definition) is 0. The maximum absolute atomic E-state index is 11.9. The third-order valence-electron chi connectivity index (χ3n) is 4.17. The summed E-state index contributed by atoms with van der Waals surface area (Å²) in [5, 5.41) is 0. The summed E-state index contributed by atoms with van der Waals surface area (Å²) in [6.45, 7) is 6.21. The molecule has 1 aliphatic carbocycles. The van der Waals surface area contributed by atoms with Gasteiger partial charge in [-0.15, -0.1) is 0 Å². The highest BCUT2D eigenvalue weighted by molar-refractivity contribution is 5.81. The van der Waals surface area contributed by atoms with E-state index in [1.807, 2.05) is 20.8 Å². The van der Waals surface area contributed by atoms with Crippen molar-refractivity contribution in [1.82, 2.24) is 0 Å².